The molecule has 104 valence electrons. The first-order valence-corrected chi connectivity index (χ1v) is 6.77. The molecule has 20 heavy (non-hydrogen) atoms. The number of hydrogen-bond donors (Lipinski definition) is 2. The summed E-state index contributed by atoms with van der Waals surface area (Å²) in [5.74, 6) is -1.55. The molecule has 0 aliphatic carbocycles. The van der Waals surface area contributed by atoms with Gasteiger partial charge in [0.2, 0.25) is 0 Å². The van der Waals surface area contributed by atoms with Crippen LogP contribution in [0.15, 0.2) is 46.9 Å². The average Bonchev–Trinajstić information content (AvgIpc) is 2.41. The van der Waals surface area contributed by atoms with Gasteiger partial charge in [-0.3, -0.25) is 0 Å². The average molecular weight is 338 g/mol. The van der Waals surface area contributed by atoms with E-state index >= 15 is 0 Å². The Balaban J connectivity index is 2.29. The topological polar surface area (TPSA) is 49.3 Å². The molecule has 2 aromatic rings. The van der Waals surface area contributed by atoms with Crippen LogP contribution in [0, 0.1) is 12.7 Å². The zero-order chi connectivity index (χ0) is 14.7. The van der Waals surface area contributed by atoms with E-state index in [1.54, 1.807) is 18.2 Å². The van der Waals surface area contributed by atoms with Crippen LogP contribution in [-0.2, 0) is 4.79 Å². The van der Waals surface area contributed by atoms with Crippen LogP contribution < -0.4 is 5.32 Å². The lowest BCUT2D eigenvalue weighted by molar-refractivity contribution is -0.138. The first-order valence-electron chi connectivity index (χ1n) is 5.98. The monoisotopic (exact) mass is 337 g/mol. The minimum Gasteiger partial charge on any atom is -0.479 e. The molecular weight excluding hydrogens is 325 g/mol. The zero-order valence-corrected chi connectivity index (χ0v) is 12.3. The number of halogens is 2. The first kappa shape index (κ1) is 14.5. The van der Waals surface area contributed by atoms with E-state index in [4.69, 9.17) is 0 Å². The Morgan fingerprint density at radius 2 is 1.90 bits per heavy atom. The molecule has 1 unspecified atom stereocenters. The number of rotatable bonds is 4. The van der Waals surface area contributed by atoms with Gasteiger partial charge in [0.05, 0.1) is 4.47 Å². The molecule has 0 saturated heterocycles. The Morgan fingerprint density at radius 3 is 2.45 bits per heavy atom. The lowest BCUT2D eigenvalue weighted by atomic mass is 10.1. The van der Waals surface area contributed by atoms with E-state index in [9.17, 15) is 14.3 Å². The van der Waals surface area contributed by atoms with Crippen LogP contribution in [0.25, 0.3) is 0 Å². The van der Waals surface area contributed by atoms with Gasteiger partial charge in [0, 0.05) is 5.69 Å². The summed E-state index contributed by atoms with van der Waals surface area (Å²) in [6, 6.07) is 10.6. The molecule has 0 fully saturated rings. The first-order chi connectivity index (χ1) is 9.47. The van der Waals surface area contributed by atoms with Gasteiger partial charge in [-0.15, -0.1) is 0 Å². The molecule has 0 radical (unpaired) electrons. The van der Waals surface area contributed by atoms with Crippen molar-refractivity contribution in [3.8, 4) is 0 Å². The SMILES string of the molecule is Cc1ccc(NC(C(=O)O)c2ccc(Br)c(F)c2)cc1. The second-order valence-electron chi connectivity index (χ2n) is 4.46. The normalized spacial score (nSPS) is 11.9. The van der Waals surface area contributed by atoms with Crippen LogP contribution in [0.3, 0.4) is 0 Å². The van der Waals surface area contributed by atoms with E-state index in [1.807, 2.05) is 19.1 Å². The van der Waals surface area contributed by atoms with Gasteiger partial charge in [0.25, 0.3) is 0 Å². The van der Waals surface area contributed by atoms with Crippen molar-refractivity contribution in [2.45, 2.75) is 13.0 Å². The van der Waals surface area contributed by atoms with Gasteiger partial charge in [0.15, 0.2) is 6.04 Å². The summed E-state index contributed by atoms with van der Waals surface area (Å²) >= 11 is 3.05. The highest BCUT2D eigenvalue weighted by molar-refractivity contribution is 9.10. The van der Waals surface area contributed by atoms with Crippen molar-refractivity contribution in [1.82, 2.24) is 0 Å². The van der Waals surface area contributed by atoms with Crippen molar-refractivity contribution in [3.63, 3.8) is 0 Å². The number of aryl methyl sites for hydroxylation is 1. The molecule has 0 amide bonds. The number of carbonyl (C=O) groups is 1. The summed E-state index contributed by atoms with van der Waals surface area (Å²) < 4.78 is 13.8. The number of carboxylic acids is 1. The predicted octanol–water partition coefficient (Wildman–Crippen LogP) is 4.13. The van der Waals surface area contributed by atoms with E-state index < -0.39 is 17.8 Å². The Hall–Kier alpha value is -1.88. The van der Waals surface area contributed by atoms with E-state index in [0.29, 0.717) is 15.7 Å². The van der Waals surface area contributed by atoms with Gasteiger partial charge >= 0.3 is 5.97 Å². The number of carboxylic acid groups (broad SMARTS) is 1. The number of hydrogen-bond acceptors (Lipinski definition) is 2. The van der Waals surface area contributed by atoms with Crippen molar-refractivity contribution in [2.24, 2.45) is 0 Å². The maximum atomic E-state index is 13.5. The van der Waals surface area contributed by atoms with Gasteiger partial charge < -0.3 is 10.4 Å². The number of anilines is 1. The second-order valence-corrected chi connectivity index (χ2v) is 5.31. The van der Waals surface area contributed by atoms with Gasteiger partial charge in [-0.2, -0.15) is 0 Å². The van der Waals surface area contributed by atoms with E-state index in [2.05, 4.69) is 21.2 Å². The van der Waals surface area contributed by atoms with Crippen molar-refractivity contribution < 1.29 is 14.3 Å². The van der Waals surface area contributed by atoms with E-state index in [0.717, 1.165) is 5.56 Å². The fourth-order valence-electron chi connectivity index (χ4n) is 1.80. The Labute approximate surface area is 124 Å². The molecule has 2 N–H and O–H groups in total. The number of aliphatic carboxylic acids is 1. The highest BCUT2D eigenvalue weighted by Crippen LogP contribution is 2.24. The smallest absolute Gasteiger partial charge is 0.330 e. The standard InChI is InChI=1S/C15H13BrFNO2/c1-9-2-5-11(6-3-9)18-14(15(19)20)10-4-7-12(16)13(17)8-10/h2-8,14,18H,1H3,(H,19,20). The molecule has 0 aromatic heterocycles. The van der Waals surface area contributed by atoms with Gasteiger partial charge in [0.1, 0.15) is 5.82 Å². The summed E-state index contributed by atoms with van der Waals surface area (Å²) in [4.78, 5) is 11.4. The predicted molar refractivity (Wildman–Crippen MR) is 79.3 cm³/mol. The molecule has 0 aliphatic heterocycles. The third kappa shape index (κ3) is 3.36. The fraction of sp³-hybridized carbons (Fsp3) is 0.133. The maximum absolute atomic E-state index is 13.5. The van der Waals surface area contributed by atoms with Crippen molar-refractivity contribution in [3.05, 3.63) is 63.9 Å². The Bertz CT molecular complexity index is 628. The minimum absolute atomic E-state index is 0.306. The van der Waals surface area contributed by atoms with Crippen LogP contribution >= 0.6 is 15.9 Å². The molecule has 0 bridgehead atoms. The molecule has 2 rings (SSSR count). The third-order valence-electron chi connectivity index (χ3n) is 2.89. The van der Waals surface area contributed by atoms with Gasteiger partial charge in [-0.1, -0.05) is 23.8 Å². The second kappa shape index (κ2) is 6.05. The van der Waals surface area contributed by atoms with Crippen LogP contribution in [0.5, 0.6) is 0 Å². The van der Waals surface area contributed by atoms with Crippen molar-refractivity contribution in [2.75, 3.05) is 5.32 Å². The van der Waals surface area contributed by atoms with Crippen LogP contribution in [0.4, 0.5) is 10.1 Å². The fourth-order valence-corrected chi connectivity index (χ4v) is 2.04. The Kier molecular flexibility index (Phi) is 4.39. The minimum atomic E-state index is -1.06. The molecule has 5 heteroatoms. The zero-order valence-electron chi connectivity index (χ0n) is 10.7. The molecule has 3 nitrogen and oxygen atoms in total. The summed E-state index contributed by atoms with van der Waals surface area (Å²) in [6.45, 7) is 1.95. The molecule has 1 atom stereocenters. The van der Waals surface area contributed by atoms with Crippen molar-refractivity contribution in [1.29, 1.82) is 0 Å². The summed E-state index contributed by atoms with van der Waals surface area (Å²) in [6.07, 6.45) is 0. The van der Waals surface area contributed by atoms with Crippen molar-refractivity contribution >= 4 is 27.6 Å². The molecule has 0 saturated carbocycles. The van der Waals surface area contributed by atoms with E-state index in [1.165, 1.54) is 12.1 Å². The summed E-state index contributed by atoms with van der Waals surface area (Å²) in [5.41, 5.74) is 2.11. The molecular formula is C15H13BrFNO2. The van der Waals surface area contributed by atoms with Crippen LogP contribution in [0.2, 0.25) is 0 Å². The highest BCUT2D eigenvalue weighted by atomic mass is 79.9. The van der Waals surface area contributed by atoms with Gasteiger partial charge in [-0.05, 0) is 52.7 Å². The summed E-state index contributed by atoms with van der Waals surface area (Å²) in [7, 11) is 0. The highest BCUT2D eigenvalue weighted by Gasteiger charge is 2.20. The lowest BCUT2D eigenvalue weighted by Crippen LogP contribution is -2.20. The Morgan fingerprint density at radius 1 is 1.25 bits per heavy atom. The quantitative estimate of drug-likeness (QED) is 0.881. The van der Waals surface area contributed by atoms with E-state index in [-0.39, 0.29) is 0 Å². The van der Waals surface area contributed by atoms with Crippen LogP contribution in [-0.4, -0.2) is 11.1 Å². The summed E-state index contributed by atoms with van der Waals surface area (Å²) in [5, 5.41) is 12.2. The molecule has 2 aromatic carbocycles. The number of nitrogens with one attached hydrogen (secondary N) is 1. The molecule has 0 aliphatic rings. The largest absolute Gasteiger partial charge is 0.479 e. The molecule has 0 spiro atoms. The molecule has 0 heterocycles. The number of benzene rings is 2. The van der Waals surface area contributed by atoms with Gasteiger partial charge in [-0.25, -0.2) is 9.18 Å². The maximum Gasteiger partial charge on any atom is 0.330 e. The van der Waals surface area contributed by atoms with Crippen LogP contribution in [0.1, 0.15) is 17.2 Å². The third-order valence-corrected chi connectivity index (χ3v) is 3.53. The lowest BCUT2D eigenvalue weighted by Gasteiger charge is -2.16.